The lowest BCUT2D eigenvalue weighted by Gasteiger charge is -2.14. The highest BCUT2D eigenvalue weighted by Crippen LogP contribution is 2.10. The van der Waals surface area contributed by atoms with E-state index < -0.39 is 0 Å². The van der Waals surface area contributed by atoms with Crippen molar-refractivity contribution in [1.29, 1.82) is 0 Å². The van der Waals surface area contributed by atoms with Crippen molar-refractivity contribution in [3.05, 3.63) is 23.7 Å². The molecule has 0 aromatic carbocycles. The average Bonchev–Trinajstić information content (AvgIpc) is 2.48. The summed E-state index contributed by atoms with van der Waals surface area (Å²) < 4.78 is 5.35. The maximum Gasteiger partial charge on any atom is 0.120 e. The van der Waals surface area contributed by atoms with Crippen LogP contribution in [0.3, 0.4) is 0 Å². The van der Waals surface area contributed by atoms with E-state index in [2.05, 4.69) is 24.2 Å². The Kier molecular flexibility index (Phi) is 3.99. The van der Waals surface area contributed by atoms with Crippen LogP contribution in [0.15, 0.2) is 16.7 Å². The molecule has 1 aromatic rings. The predicted octanol–water partition coefficient (Wildman–Crippen LogP) is 1.24. The van der Waals surface area contributed by atoms with Gasteiger partial charge in [0.25, 0.3) is 0 Å². The smallest absolute Gasteiger partial charge is 0.120 e. The predicted molar refractivity (Wildman–Crippen MR) is 53.7 cm³/mol. The van der Waals surface area contributed by atoms with Gasteiger partial charge in [-0.05, 0) is 32.6 Å². The van der Waals surface area contributed by atoms with Crippen molar-refractivity contribution in [3.63, 3.8) is 0 Å². The molecule has 1 rings (SSSR count). The Morgan fingerprint density at radius 3 is 2.85 bits per heavy atom. The lowest BCUT2D eigenvalue weighted by atomic mass is 10.3. The molecule has 13 heavy (non-hydrogen) atoms. The van der Waals surface area contributed by atoms with Crippen LogP contribution in [-0.4, -0.2) is 32.1 Å². The molecule has 0 saturated carbocycles. The Hall–Kier alpha value is -0.800. The van der Waals surface area contributed by atoms with E-state index in [9.17, 15) is 0 Å². The zero-order valence-electron chi connectivity index (χ0n) is 8.63. The van der Waals surface area contributed by atoms with E-state index in [0.717, 1.165) is 25.4 Å². The molecule has 0 radical (unpaired) electrons. The third kappa shape index (κ3) is 3.20. The van der Waals surface area contributed by atoms with Crippen molar-refractivity contribution < 1.29 is 4.42 Å². The minimum Gasteiger partial charge on any atom is -0.468 e. The van der Waals surface area contributed by atoms with Gasteiger partial charge in [0.05, 0.1) is 12.8 Å². The van der Waals surface area contributed by atoms with Gasteiger partial charge >= 0.3 is 0 Å². The molecule has 0 aliphatic rings. The number of hydrogen-bond donors (Lipinski definition) is 1. The average molecular weight is 182 g/mol. The van der Waals surface area contributed by atoms with Crippen LogP contribution in [0.1, 0.15) is 11.3 Å². The summed E-state index contributed by atoms with van der Waals surface area (Å²) in [4.78, 5) is 2.24. The van der Waals surface area contributed by atoms with Crippen LogP contribution in [0.25, 0.3) is 0 Å². The van der Waals surface area contributed by atoms with Crippen LogP contribution in [0.2, 0.25) is 0 Å². The molecule has 0 spiro atoms. The zero-order valence-corrected chi connectivity index (χ0v) is 8.63. The second-order valence-electron chi connectivity index (χ2n) is 3.37. The number of rotatable bonds is 5. The van der Waals surface area contributed by atoms with E-state index in [1.807, 2.05) is 13.1 Å². The van der Waals surface area contributed by atoms with Gasteiger partial charge < -0.3 is 9.73 Å². The summed E-state index contributed by atoms with van der Waals surface area (Å²) in [5.41, 5.74) is 1.23. The monoisotopic (exact) mass is 182 g/mol. The first-order valence-electron chi connectivity index (χ1n) is 4.60. The maximum absolute atomic E-state index is 5.35. The summed E-state index contributed by atoms with van der Waals surface area (Å²) in [6.45, 7) is 5.01. The molecule has 3 heteroatoms. The zero-order chi connectivity index (χ0) is 9.68. The Morgan fingerprint density at radius 1 is 1.54 bits per heavy atom. The van der Waals surface area contributed by atoms with Crippen molar-refractivity contribution in [1.82, 2.24) is 10.2 Å². The number of nitrogens with one attached hydrogen (secondary N) is 1. The Morgan fingerprint density at radius 2 is 2.31 bits per heavy atom. The minimum absolute atomic E-state index is 0.889. The highest BCUT2D eigenvalue weighted by atomic mass is 16.3. The van der Waals surface area contributed by atoms with E-state index in [-0.39, 0.29) is 0 Å². The van der Waals surface area contributed by atoms with E-state index >= 15 is 0 Å². The molecule has 0 atom stereocenters. The summed E-state index contributed by atoms with van der Waals surface area (Å²) in [5.74, 6) is 1.07. The molecule has 1 heterocycles. The van der Waals surface area contributed by atoms with Gasteiger partial charge in [0.2, 0.25) is 0 Å². The van der Waals surface area contributed by atoms with Crippen LogP contribution < -0.4 is 5.32 Å². The molecule has 0 unspecified atom stereocenters. The summed E-state index contributed by atoms with van der Waals surface area (Å²) in [7, 11) is 4.06. The fraction of sp³-hybridized carbons (Fsp3) is 0.600. The van der Waals surface area contributed by atoms with Gasteiger partial charge in [0.1, 0.15) is 5.76 Å². The van der Waals surface area contributed by atoms with Crippen molar-refractivity contribution in [2.45, 2.75) is 13.5 Å². The van der Waals surface area contributed by atoms with Crippen molar-refractivity contribution in [3.8, 4) is 0 Å². The fourth-order valence-electron chi connectivity index (χ4n) is 1.19. The lowest BCUT2D eigenvalue weighted by Crippen LogP contribution is -2.26. The molecule has 1 N–H and O–H groups in total. The molecular weight excluding hydrogens is 164 g/mol. The SMILES string of the molecule is CNCCN(C)Cc1occc1C. The van der Waals surface area contributed by atoms with E-state index in [1.54, 1.807) is 6.26 Å². The minimum atomic E-state index is 0.889. The first-order valence-corrected chi connectivity index (χ1v) is 4.60. The third-order valence-electron chi connectivity index (χ3n) is 2.13. The topological polar surface area (TPSA) is 28.4 Å². The van der Waals surface area contributed by atoms with E-state index in [1.165, 1.54) is 5.56 Å². The lowest BCUT2D eigenvalue weighted by molar-refractivity contribution is 0.295. The van der Waals surface area contributed by atoms with Crippen LogP contribution >= 0.6 is 0 Å². The van der Waals surface area contributed by atoms with Gasteiger partial charge in [-0.1, -0.05) is 0 Å². The second-order valence-corrected chi connectivity index (χ2v) is 3.37. The van der Waals surface area contributed by atoms with Gasteiger partial charge in [-0.15, -0.1) is 0 Å². The Bertz CT molecular complexity index is 245. The molecule has 0 bridgehead atoms. The van der Waals surface area contributed by atoms with Crippen molar-refractivity contribution in [2.75, 3.05) is 27.2 Å². The number of furan rings is 1. The van der Waals surface area contributed by atoms with Crippen molar-refractivity contribution in [2.24, 2.45) is 0 Å². The quantitative estimate of drug-likeness (QED) is 0.742. The van der Waals surface area contributed by atoms with E-state index in [4.69, 9.17) is 4.42 Å². The number of nitrogens with zero attached hydrogens (tertiary/aromatic N) is 1. The molecule has 0 fully saturated rings. The molecular formula is C10H18N2O. The normalized spacial score (nSPS) is 11.1. The maximum atomic E-state index is 5.35. The summed E-state index contributed by atoms with van der Waals surface area (Å²) in [5, 5.41) is 3.12. The van der Waals surface area contributed by atoms with Crippen LogP contribution in [0.4, 0.5) is 0 Å². The van der Waals surface area contributed by atoms with Gasteiger partial charge in [-0.25, -0.2) is 0 Å². The fourth-order valence-corrected chi connectivity index (χ4v) is 1.19. The van der Waals surface area contributed by atoms with Gasteiger partial charge in [-0.3, -0.25) is 4.90 Å². The molecule has 0 saturated heterocycles. The number of hydrogen-bond acceptors (Lipinski definition) is 3. The van der Waals surface area contributed by atoms with E-state index in [0.29, 0.717) is 0 Å². The molecule has 74 valence electrons. The first-order chi connectivity index (χ1) is 6.24. The standard InChI is InChI=1S/C10H18N2O/c1-9-4-7-13-10(9)8-12(3)6-5-11-2/h4,7,11H,5-6,8H2,1-3H3. The Labute approximate surface area is 79.7 Å². The largest absolute Gasteiger partial charge is 0.468 e. The highest BCUT2D eigenvalue weighted by Gasteiger charge is 2.04. The van der Waals surface area contributed by atoms with Gasteiger partial charge in [0, 0.05) is 13.1 Å². The van der Waals surface area contributed by atoms with Crippen LogP contribution in [-0.2, 0) is 6.54 Å². The number of likely N-dealkylation sites (N-methyl/N-ethyl adjacent to an activating group) is 2. The second kappa shape index (κ2) is 5.04. The molecule has 0 aliphatic carbocycles. The van der Waals surface area contributed by atoms with Crippen molar-refractivity contribution >= 4 is 0 Å². The molecule has 3 nitrogen and oxygen atoms in total. The molecule has 1 aromatic heterocycles. The first kappa shape index (κ1) is 10.3. The summed E-state index contributed by atoms with van der Waals surface area (Å²) in [6.07, 6.45) is 1.75. The van der Waals surface area contributed by atoms with Crippen LogP contribution in [0, 0.1) is 6.92 Å². The summed E-state index contributed by atoms with van der Waals surface area (Å²) in [6, 6.07) is 2.00. The molecule has 0 aliphatic heterocycles. The third-order valence-corrected chi connectivity index (χ3v) is 2.13. The van der Waals surface area contributed by atoms with Gasteiger partial charge in [-0.2, -0.15) is 0 Å². The highest BCUT2D eigenvalue weighted by molar-refractivity contribution is 5.14. The molecule has 0 amide bonds. The van der Waals surface area contributed by atoms with Crippen LogP contribution in [0.5, 0.6) is 0 Å². The summed E-state index contributed by atoms with van der Waals surface area (Å²) >= 11 is 0. The Balaban J connectivity index is 2.36. The number of aryl methyl sites for hydroxylation is 1. The van der Waals surface area contributed by atoms with Gasteiger partial charge in [0.15, 0.2) is 0 Å².